The fourth-order valence-electron chi connectivity index (χ4n) is 3.85. The van der Waals surface area contributed by atoms with Crippen molar-refractivity contribution in [2.75, 3.05) is 5.32 Å². The van der Waals surface area contributed by atoms with E-state index >= 15 is 0 Å². The van der Waals surface area contributed by atoms with Crippen LogP contribution in [0.1, 0.15) is 17.3 Å². The normalized spacial score (nSPS) is 11.6. The fraction of sp³-hybridized carbons (Fsp3) is 0.0667. The van der Waals surface area contributed by atoms with Gasteiger partial charge >= 0.3 is 5.97 Å². The molecule has 1 heterocycles. The molecule has 182 valence electrons. The number of rotatable bonds is 6. The van der Waals surface area contributed by atoms with Crippen molar-refractivity contribution in [3.8, 4) is 22.5 Å². The number of benzene rings is 4. The summed E-state index contributed by atoms with van der Waals surface area (Å²) in [4.78, 5) is 35.3. The van der Waals surface area contributed by atoms with Gasteiger partial charge < -0.3 is 10.1 Å². The van der Waals surface area contributed by atoms with E-state index in [0.29, 0.717) is 22.4 Å². The first-order chi connectivity index (χ1) is 18.0. The third-order valence-corrected chi connectivity index (χ3v) is 6.47. The maximum Gasteiger partial charge on any atom is 0.338 e. The Hall–Kier alpha value is -4.36. The van der Waals surface area contributed by atoms with Crippen LogP contribution in [0, 0.1) is 0 Å². The van der Waals surface area contributed by atoms with E-state index in [1.54, 1.807) is 30.3 Å². The Bertz CT molecular complexity index is 1590. The lowest BCUT2D eigenvalue weighted by molar-refractivity contribution is -0.123. The fourth-order valence-corrected chi connectivity index (χ4v) is 4.24. The van der Waals surface area contributed by atoms with Crippen LogP contribution >= 0.6 is 15.9 Å². The average molecular weight is 552 g/mol. The van der Waals surface area contributed by atoms with Gasteiger partial charge in [-0.05, 0) is 53.2 Å². The molecule has 0 saturated heterocycles. The summed E-state index contributed by atoms with van der Waals surface area (Å²) in [5.41, 5.74) is 5.42. The van der Waals surface area contributed by atoms with Gasteiger partial charge in [-0.25, -0.2) is 14.8 Å². The van der Waals surface area contributed by atoms with Gasteiger partial charge in [0.15, 0.2) is 6.10 Å². The van der Waals surface area contributed by atoms with Crippen molar-refractivity contribution in [2.24, 2.45) is 0 Å². The van der Waals surface area contributed by atoms with Gasteiger partial charge in [0.1, 0.15) is 0 Å². The molecule has 0 bridgehead atoms. The molecule has 0 aliphatic rings. The number of carbonyl (C=O) groups excluding carboxylic acids is 2. The number of nitrogens with one attached hydrogen (secondary N) is 1. The zero-order valence-corrected chi connectivity index (χ0v) is 21.5. The molecule has 5 rings (SSSR count). The topological polar surface area (TPSA) is 81.2 Å². The molecule has 4 aromatic carbocycles. The Morgan fingerprint density at radius 3 is 1.95 bits per heavy atom. The molecular weight excluding hydrogens is 530 g/mol. The van der Waals surface area contributed by atoms with Gasteiger partial charge in [0.05, 0.1) is 33.7 Å². The molecule has 6 nitrogen and oxygen atoms in total. The molecule has 1 N–H and O–H groups in total. The smallest absolute Gasteiger partial charge is 0.338 e. The van der Waals surface area contributed by atoms with E-state index in [-0.39, 0.29) is 5.56 Å². The molecule has 5 aromatic rings. The Kier molecular flexibility index (Phi) is 7.05. The van der Waals surface area contributed by atoms with E-state index in [0.717, 1.165) is 21.3 Å². The van der Waals surface area contributed by atoms with Crippen molar-refractivity contribution >= 4 is 44.5 Å². The van der Waals surface area contributed by atoms with E-state index in [4.69, 9.17) is 14.7 Å². The predicted molar refractivity (Wildman–Crippen MR) is 148 cm³/mol. The van der Waals surface area contributed by atoms with Crippen molar-refractivity contribution < 1.29 is 14.3 Å². The minimum absolute atomic E-state index is 0.286. The van der Waals surface area contributed by atoms with E-state index in [1.165, 1.54) is 6.92 Å². The largest absolute Gasteiger partial charge is 0.449 e. The lowest BCUT2D eigenvalue weighted by Gasteiger charge is -2.15. The first-order valence-electron chi connectivity index (χ1n) is 11.7. The number of nitrogens with zero attached hydrogens (tertiary/aromatic N) is 2. The van der Waals surface area contributed by atoms with Gasteiger partial charge in [0.2, 0.25) is 0 Å². The minimum atomic E-state index is -0.998. The number of carbonyl (C=O) groups is 2. The molecule has 1 amide bonds. The van der Waals surface area contributed by atoms with Crippen molar-refractivity contribution in [1.29, 1.82) is 0 Å². The van der Waals surface area contributed by atoms with Crippen LogP contribution in [0.3, 0.4) is 0 Å². The molecule has 0 aliphatic heterocycles. The number of halogens is 1. The Morgan fingerprint density at radius 2 is 1.32 bits per heavy atom. The van der Waals surface area contributed by atoms with E-state index in [1.807, 2.05) is 72.8 Å². The Labute approximate surface area is 222 Å². The minimum Gasteiger partial charge on any atom is -0.449 e. The molecule has 0 spiro atoms. The maximum absolute atomic E-state index is 12.9. The molecule has 0 radical (unpaired) electrons. The van der Waals surface area contributed by atoms with Crippen molar-refractivity contribution in [1.82, 2.24) is 9.97 Å². The van der Waals surface area contributed by atoms with Gasteiger partial charge in [0, 0.05) is 15.6 Å². The summed E-state index contributed by atoms with van der Waals surface area (Å²) in [5.74, 6) is -1.05. The van der Waals surface area contributed by atoms with Crippen LogP contribution in [0.5, 0.6) is 0 Å². The van der Waals surface area contributed by atoms with Crippen LogP contribution in [0.4, 0.5) is 5.69 Å². The molecule has 0 aliphatic carbocycles. The first-order valence-corrected chi connectivity index (χ1v) is 12.5. The highest BCUT2D eigenvalue weighted by Gasteiger charge is 2.21. The van der Waals surface area contributed by atoms with E-state index in [9.17, 15) is 9.59 Å². The van der Waals surface area contributed by atoms with Crippen molar-refractivity contribution in [3.63, 3.8) is 0 Å². The molecule has 1 aromatic heterocycles. The van der Waals surface area contributed by atoms with Gasteiger partial charge in [-0.2, -0.15) is 0 Å². The highest BCUT2D eigenvalue weighted by atomic mass is 79.9. The van der Waals surface area contributed by atoms with Crippen molar-refractivity contribution in [2.45, 2.75) is 13.0 Å². The van der Waals surface area contributed by atoms with Gasteiger partial charge in [-0.3, -0.25) is 4.79 Å². The number of hydrogen-bond acceptors (Lipinski definition) is 5. The van der Waals surface area contributed by atoms with Crippen molar-refractivity contribution in [3.05, 3.63) is 113 Å². The first kappa shape index (κ1) is 24.3. The summed E-state index contributed by atoms with van der Waals surface area (Å²) >= 11 is 3.39. The second-order valence-corrected chi connectivity index (χ2v) is 9.23. The molecule has 1 unspecified atom stereocenters. The number of hydrogen-bond donors (Lipinski definition) is 1. The summed E-state index contributed by atoms with van der Waals surface area (Å²) in [6.45, 7) is 1.53. The molecule has 37 heavy (non-hydrogen) atoms. The third kappa shape index (κ3) is 5.42. The van der Waals surface area contributed by atoms with E-state index in [2.05, 4.69) is 21.2 Å². The molecule has 7 heteroatoms. The second kappa shape index (κ2) is 10.7. The zero-order chi connectivity index (χ0) is 25.8. The Morgan fingerprint density at radius 1 is 0.757 bits per heavy atom. The average Bonchev–Trinajstić information content (AvgIpc) is 2.94. The summed E-state index contributed by atoms with van der Waals surface area (Å²) in [6, 6.07) is 31.9. The highest BCUT2D eigenvalue weighted by molar-refractivity contribution is 9.10. The van der Waals surface area contributed by atoms with Crippen LogP contribution in [0.25, 0.3) is 33.5 Å². The third-order valence-electron chi connectivity index (χ3n) is 5.78. The second-order valence-electron chi connectivity index (χ2n) is 8.37. The molecule has 0 fully saturated rings. The van der Waals surface area contributed by atoms with Gasteiger partial charge in [0.25, 0.3) is 5.91 Å². The van der Waals surface area contributed by atoms with Crippen LogP contribution in [0.2, 0.25) is 0 Å². The molecule has 0 saturated carbocycles. The summed E-state index contributed by atoms with van der Waals surface area (Å²) in [6.07, 6.45) is -0.998. The van der Waals surface area contributed by atoms with E-state index < -0.39 is 18.0 Å². The number of amides is 1. The predicted octanol–water partition coefficient (Wildman–Crippen LogP) is 6.91. The number of esters is 1. The van der Waals surface area contributed by atoms with Crippen LogP contribution in [0.15, 0.2) is 108 Å². The summed E-state index contributed by atoms with van der Waals surface area (Å²) in [7, 11) is 0. The summed E-state index contributed by atoms with van der Waals surface area (Å²) in [5, 5.41) is 2.76. The highest BCUT2D eigenvalue weighted by Crippen LogP contribution is 2.31. The summed E-state index contributed by atoms with van der Waals surface area (Å²) < 4.78 is 6.19. The lowest BCUT2D eigenvalue weighted by Crippen LogP contribution is -2.30. The number of anilines is 1. The van der Waals surface area contributed by atoms with Crippen LogP contribution in [-0.2, 0) is 9.53 Å². The lowest BCUT2D eigenvalue weighted by atomic mass is 10.0. The maximum atomic E-state index is 12.9. The van der Waals surface area contributed by atoms with Crippen LogP contribution < -0.4 is 5.32 Å². The standard InChI is InChI=1S/C30H22BrN3O3/c1-19(29(35)34-24-15-9-8-14-23(24)31)37-30(36)22-16-17-25-26(18-22)33-28(21-12-6-3-7-13-21)27(32-25)20-10-4-2-5-11-20/h2-19H,1H3,(H,34,35). The monoisotopic (exact) mass is 551 g/mol. The Balaban J connectivity index is 1.43. The molecule has 1 atom stereocenters. The SMILES string of the molecule is CC(OC(=O)c1ccc2nc(-c3ccccc3)c(-c3ccccc3)nc2c1)C(=O)Nc1ccccc1Br. The number of ether oxygens (including phenoxy) is 1. The van der Waals surface area contributed by atoms with Gasteiger partial charge in [-0.15, -0.1) is 0 Å². The molecular formula is C30H22BrN3O3. The number of aromatic nitrogens is 2. The van der Waals surface area contributed by atoms with Crippen LogP contribution in [-0.4, -0.2) is 27.9 Å². The number of fused-ring (bicyclic) bond motifs is 1. The number of para-hydroxylation sites is 1. The quantitative estimate of drug-likeness (QED) is 0.232. The zero-order valence-electron chi connectivity index (χ0n) is 19.9. The van der Waals surface area contributed by atoms with Gasteiger partial charge in [-0.1, -0.05) is 72.8 Å².